The number of pyridine rings is 1. The number of nitrogens with zero attached hydrogens (tertiary/aromatic N) is 3. The molecule has 1 aromatic heterocycles. The first-order valence-electron chi connectivity index (χ1n) is 6.66. The van der Waals surface area contributed by atoms with Crippen molar-refractivity contribution >= 4 is 16.7 Å². The normalized spacial score (nSPS) is 11.1. The number of aromatic nitrogens is 1. The monoisotopic (exact) mass is 265 g/mol. The van der Waals surface area contributed by atoms with Gasteiger partial charge in [0, 0.05) is 17.5 Å². The lowest BCUT2D eigenvalue weighted by atomic mass is 10.0. The molecule has 0 unspecified atom stereocenters. The van der Waals surface area contributed by atoms with E-state index in [2.05, 4.69) is 38.3 Å². The van der Waals surface area contributed by atoms with Crippen LogP contribution in [0.5, 0.6) is 0 Å². The van der Waals surface area contributed by atoms with Crippen molar-refractivity contribution in [2.45, 2.75) is 26.3 Å². The average molecular weight is 265 g/mol. The average Bonchev–Trinajstić information content (AvgIpc) is 2.42. The molecule has 0 aliphatic carbocycles. The largest absolute Gasteiger partial charge is 0.348 e. The lowest BCUT2D eigenvalue weighted by Gasteiger charge is -2.36. The fraction of sp³-hybridized carbons (Fsp3) is 0.294. The number of hydrogen-bond donors (Lipinski definition) is 0. The number of benzene rings is 1. The molecule has 3 heteroatoms. The van der Waals surface area contributed by atoms with Gasteiger partial charge in [-0.3, -0.25) is 0 Å². The van der Waals surface area contributed by atoms with Crippen molar-refractivity contribution in [3.63, 3.8) is 0 Å². The number of anilines is 1. The van der Waals surface area contributed by atoms with Crippen molar-refractivity contribution in [1.82, 2.24) is 4.98 Å². The van der Waals surface area contributed by atoms with Crippen LogP contribution in [0.2, 0.25) is 0 Å². The molecule has 20 heavy (non-hydrogen) atoms. The molecule has 2 rings (SSSR count). The number of rotatable bonds is 3. The third-order valence-corrected chi connectivity index (χ3v) is 3.22. The first-order valence-corrected chi connectivity index (χ1v) is 6.66. The van der Waals surface area contributed by atoms with Gasteiger partial charge in [0.1, 0.15) is 5.82 Å². The van der Waals surface area contributed by atoms with Crippen LogP contribution in [-0.2, 0) is 0 Å². The van der Waals surface area contributed by atoms with Crippen molar-refractivity contribution in [1.29, 1.82) is 5.26 Å². The van der Waals surface area contributed by atoms with E-state index < -0.39 is 0 Å². The van der Waals surface area contributed by atoms with Gasteiger partial charge in [-0.15, -0.1) is 6.58 Å². The van der Waals surface area contributed by atoms with E-state index in [0.717, 1.165) is 16.7 Å². The van der Waals surface area contributed by atoms with Crippen LogP contribution < -0.4 is 4.90 Å². The molecule has 0 radical (unpaired) electrons. The SMILES string of the molecule is C=CCN(c1cc(C#N)c2ccccc2n1)C(C)(C)C. The predicted octanol–water partition coefficient (Wildman–Crippen LogP) is 3.90. The molecule has 0 spiro atoms. The van der Waals surface area contributed by atoms with E-state index in [1.165, 1.54) is 0 Å². The quantitative estimate of drug-likeness (QED) is 0.790. The minimum atomic E-state index is -0.0869. The molecular weight excluding hydrogens is 246 g/mol. The first kappa shape index (κ1) is 14.1. The second-order valence-corrected chi connectivity index (χ2v) is 5.73. The summed E-state index contributed by atoms with van der Waals surface area (Å²) in [7, 11) is 0. The lowest BCUT2D eigenvalue weighted by Crippen LogP contribution is -2.42. The lowest BCUT2D eigenvalue weighted by molar-refractivity contribution is 0.518. The van der Waals surface area contributed by atoms with Crippen LogP contribution in [0.15, 0.2) is 43.0 Å². The van der Waals surface area contributed by atoms with Gasteiger partial charge in [0.2, 0.25) is 0 Å². The summed E-state index contributed by atoms with van der Waals surface area (Å²) >= 11 is 0. The molecule has 0 aliphatic heterocycles. The van der Waals surface area contributed by atoms with Gasteiger partial charge >= 0.3 is 0 Å². The standard InChI is InChI=1S/C17H19N3/c1-5-10-20(17(2,3)4)16-11-13(12-18)14-8-6-7-9-15(14)19-16/h5-9,11H,1,10H2,2-4H3. The molecule has 0 saturated heterocycles. The second-order valence-electron chi connectivity index (χ2n) is 5.73. The molecule has 102 valence electrons. The zero-order valence-electron chi connectivity index (χ0n) is 12.2. The Hall–Kier alpha value is -2.34. The van der Waals surface area contributed by atoms with Crippen LogP contribution in [0.4, 0.5) is 5.82 Å². The maximum atomic E-state index is 9.36. The Bertz CT molecular complexity index is 675. The highest BCUT2D eigenvalue weighted by Gasteiger charge is 2.22. The van der Waals surface area contributed by atoms with Crippen molar-refractivity contribution in [2.24, 2.45) is 0 Å². The van der Waals surface area contributed by atoms with Gasteiger partial charge in [-0.25, -0.2) is 4.98 Å². The molecule has 3 nitrogen and oxygen atoms in total. The summed E-state index contributed by atoms with van der Waals surface area (Å²) < 4.78 is 0. The van der Waals surface area contributed by atoms with Gasteiger partial charge in [0.05, 0.1) is 17.1 Å². The van der Waals surface area contributed by atoms with Crippen molar-refractivity contribution in [3.05, 3.63) is 48.6 Å². The third kappa shape index (κ3) is 2.65. The maximum Gasteiger partial charge on any atom is 0.131 e. The third-order valence-electron chi connectivity index (χ3n) is 3.22. The van der Waals surface area contributed by atoms with E-state index in [1.807, 2.05) is 36.4 Å². The van der Waals surface area contributed by atoms with Crippen molar-refractivity contribution in [3.8, 4) is 6.07 Å². The fourth-order valence-electron chi connectivity index (χ4n) is 2.23. The topological polar surface area (TPSA) is 39.9 Å². The summed E-state index contributed by atoms with van der Waals surface area (Å²) in [5.41, 5.74) is 1.42. The summed E-state index contributed by atoms with van der Waals surface area (Å²) in [4.78, 5) is 6.84. The summed E-state index contributed by atoms with van der Waals surface area (Å²) in [5.74, 6) is 0.813. The molecule has 1 aromatic carbocycles. The first-order chi connectivity index (χ1) is 9.47. The summed E-state index contributed by atoms with van der Waals surface area (Å²) in [6, 6.07) is 11.9. The van der Waals surface area contributed by atoms with Gasteiger partial charge in [-0.05, 0) is 32.9 Å². The van der Waals surface area contributed by atoms with Crippen molar-refractivity contribution in [2.75, 3.05) is 11.4 Å². The molecular formula is C17H19N3. The summed E-state index contributed by atoms with van der Waals surface area (Å²) in [6.07, 6.45) is 1.86. The Labute approximate surface area is 120 Å². The summed E-state index contributed by atoms with van der Waals surface area (Å²) in [5, 5.41) is 10.3. The van der Waals surface area contributed by atoms with Crippen molar-refractivity contribution < 1.29 is 0 Å². The highest BCUT2D eigenvalue weighted by molar-refractivity contribution is 5.86. The number of hydrogen-bond acceptors (Lipinski definition) is 3. The number of nitriles is 1. The highest BCUT2D eigenvalue weighted by atomic mass is 15.2. The van der Waals surface area contributed by atoms with Crippen LogP contribution in [0, 0.1) is 11.3 Å². The molecule has 2 aromatic rings. The molecule has 0 fully saturated rings. The minimum Gasteiger partial charge on any atom is -0.348 e. The van der Waals surface area contributed by atoms with E-state index in [9.17, 15) is 5.26 Å². The molecule has 0 atom stereocenters. The summed E-state index contributed by atoms with van der Waals surface area (Å²) in [6.45, 7) is 10.9. The molecule has 0 aliphatic rings. The van der Waals surface area contributed by atoms with Gasteiger partial charge in [0.25, 0.3) is 0 Å². The Morgan fingerprint density at radius 3 is 2.65 bits per heavy atom. The zero-order valence-corrected chi connectivity index (χ0v) is 12.2. The van der Waals surface area contributed by atoms with E-state index in [4.69, 9.17) is 4.98 Å². The molecule has 1 heterocycles. The van der Waals surface area contributed by atoms with Crippen LogP contribution in [-0.4, -0.2) is 17.1 Å². The Morgan fingerprint density at radius 2 is 2.05 bits per heavy atom. The van der Waals surface area contributed by atoms with Gasteiger partial charge < -0.3 is 4.90 Å². The molecule has 0 saturated carbocycles. The molecule has 0 N–H and O–H groups in total. The molecule has 0 amide bonds. The van der Waals surface area contributed by atoms with E-state index in [0.29, 0.717) is 12.1 Å². The predicted molar refractivity (Wildman–Crippen MR) is 83.8 cm³/mol. The Balaban J connectivity index is 2.65. The van der Waals surface area contributed by atoms with Gasteiger partial charge in [-0.1, -0.05) is 24.3 Å². The Kier molecular flexibility index (Phi) is 3.76. The van der Waals surface area contributed by atoms with Crippen LogP contribution in [0.25, 0.3) is 10.9 Å². The Morgan fingerprint density at radius 1 is 1.35 bits per heavy atom. The molecule has 0 bridgehead atoms. The zero-order chi connectivity index (χ0) is 14.8. The van der Waals surface area contributed by atoms with Crippen LogP contribution in [0.3, 0.4) is 0 Å². The minimum absolute atomic E-state index is 0.0869. The van der Waals surface area contributed by atoms with E-state index in [1.54, 1.807) is 0 Å². The van der Waals surface area contributed by atoms with E-state index in [-0.39, 0.29) is 5.54 Å². The highest BCUT2D eigenvalue weighted by Crippen LogP contribution is 2.26. The van der Waals surface area contributed by atoms with Crippen LogP contribution >= 0.6 is 0 Å². The smallest absolute Gasteiger partial charge is 0.131 e. The van der Waals surface area contributed by atoms with Crippen LogP contribution in [0.1, 0.15) is 26.3 Å². The fourth-order valence-corrected chi connectivity index (χ4v) is 2.23. The second kappa shape index (κ2) is 5.34. The van der Waals surface area contributed by atoms with E-state index >= 15 is 0 Å². The maximum absolute atomic E-state index is 9.36. The number of para-hydroxylation sites is 1. The number of fused-ring (bicyclic) bond motifs is 1. The van der Waals surface area contributed by atoms with Gasteiger partial charge in [0.15, 0.2) is 0 Å². The van der Waals surface area contributed by atoms with Gasteiger partial charge in [-0.2, -0.15) is 5.26 Å².